The van der Waals surface area contributed by atoms with Gasteiger partial charge in [-0.05, 0) is 5.56 Å². The molecule has 1 aliphatic rings. The molecular formula is C8H6ClF2NO. The summed E-state index contributed by atoms with van der Waals surface area (Å²) in [4.78, 5) is 13.0. The summed E-state index contributed by atoms with van der Waals surface area (Å²) in [5.41, 5.74) is -0.0519. The van der Waals surface area contributed by atoms with Crippen LogP contribution in [0, 0.1) is 0 Å². The van der Waals surface area contributed by atoms with Gasteiger partial charge in [-0.3, -0.25) is 4.79 Å². The van der Waals surface area contributed by atoms with E-state index in [0.29, 0.717) is 5.56 Å². The van der Waals surface area contributed by atoms with Gasteiger partial charge >= 0.3 is 0 Å². The first-order valence-corrected chi connectivity index (χ1v) is 4.14. The summed E-state index contributed by atoms with van der Waals surface area (Å²) in [5.74, 6) is -3.47. The van der Waals surface area contributed by atoms with E-state index in [2.05, 4.69) is 4.98 Å². The number of pyridine rings is 1. The highest BCUT2D eigenvalue weighted by Gasteiger charge is 2.58. The molecule has 1 aromatic heterocycles. The molecule has 0 bridgehead atoms. The molecule has 1 N–H and O–H groups in total. The maximum atomic E-state index is 12.6. The lowest BCUT2D eigenvalue weighted by Gasteiger charge is -2.00. The van der Waals surface area contributed by atoms with Crippen LogP contribution in [0.25, 0.3) is 0 Å². The zero-order chi connectivity index (χ0) is 9.64. The van der Waals surface area contributed by atoms with E-state index in [1.165, 1.54) is 6.20 Å². The van der Waals surface area contributed by atoms with Gasteiger partial charge in [0.15, 0.2) is 0 Å². The number of H-pyrrole nitrogens is 1. The summed E-state index contributed by atoms with van der Waals surface area (Å²) in [6, 6.07) is 1.12. The lowest BCUT2D eigenvalue weighted by molar-refractivity contribution is 0.112. The first-order chi connectivity index (χ1) is 6.00. The van der Waals surface area contributed by atoms with E-state index < -0.39 is 11.8 Å². The minimum atomic E-state index is -2.65. The Balaban J connectivity index is 2.38. The van der Waals surface area contributed by atoms with Crippen LogP contribution in [0.1, 0.15) is 17.9 Å². The Morgan fingerprint density at radius 2 is 2.23 bits per heavy atom. The van der Waals surface area contributed by atoms with Crippen LogP contribution >= 0.6 is 11.6 Å². The number of rotatable bonds is 1. The molecule has 1 aromatic rings. The first kappa shape index (κ1) is 8.69. The topological polar surface area (TPSA) is 32.9 Å². The molecule has 0 amide bonds. The van der Waals surface area contributed by atoms with Gasteiger partial charge in [0.05, 0.1) is 10.9 Å². The Morgan fingerprint density at radius 1 is 1.62 bits per heavy atom. The fourth-order valence-electron chi connectivity index (χ4n) is 1.28. The van der Waals surface area contributed by atoms with Gasteiger partial charge < -0.3 is 4.98 Å². The second kappa shape index (κ2) is 2.54. The normalized spacial score (nSPS) is 24.4. The van der Waals surface area contributed by atoms with Gasteiger partial charge in [-0.25, -0.2) is 8.78 Å². The molecule has 13 heavy (non-hydrogen) atoms. The van der Waals surface area contributed by atoms with E-state index >= 15 is 0 Å². The fourth-order valence-corrected chi connectivity index (χ4v) is 1.56. The fraction of sp³-hybridized carbons (Fsp3) is 0.375. The molecule has 0 saturated heterocycles. The Labute approximate surface area is 77.5 Å². The third-order valence-electron chi connectivity index (χ3n) is 2.10. The quantitative estimate of drug-likeness (QED) is 0.749. The van der Waals surface area contributed by atoms with Crippen molar-refractivity contribution in [2.45, 2.75) is 18.3 Å². The molecular weight excluding hydrogens is 200 g/mol. The lowest BCUT2D eigenvalue weighted by atomic mass is 10.2. The van der Waals surface area contributed by atoms with Crippen LogP contribution in [0.5, 0.6) is 0 Å². The molecule has 1 atom stereocenters. The zero-order valence-electron chi connectivity index (χ0n) is 6.48. The number of nitrogens with one attached hydrogen (secondary N) is 1. The number of hydrogen-bond donors (Lipinski definition) is 1. The monoisotopic (exact) mass is 205 g/mol. The highest BCUT2D eigenvalue weighted by Crippen LogP contribution is 2.56. The number of aromatic nitrogens is 1. The Hall–Kier alpha value is -0.900. The van der Waals surface area contributed by atoms with Crippen LogP contribution in [-0.4, -0.2) is 10.9 Å². The summed E-state index contributed by atoms with van der Waals surface area (Å²) >= 11 is 5.64. The molecule has 1 heterocycles. The van der Waals surface area contributed by atoms with Crippen LogP contribution in [0.2, 0.25) is 5.02 Å². The average molecular weight is 206 g/mol. The van der Waals surface area contributed by atoms with Crippen molar-refractivity contribution in [3.8, 4) is 0 Å². The smallest absolute Gasteiger partial charge is 0.256 e. The van der Waals surface area contributed by atoms with Crippen molar-refractivity contribution in [1.29, 1.82) is 0 Å². The number of alkyl halides is 2. The minimum absolute atomic E-state index is 0.117. The molecule has 1 aliphatic carbocycles. The van der Waals surface area contributed by atoms with Crippen LogP contribution in [0.4, 0.5) is 8.78 Å². The largest absolute Gasteiger partial charge is 0.329 e. The van der Waals surface area contributed by atoms with Gasteiger partial charge in [0, 0.05) is 18.7 Å². The molecule has 1 saturated carbocycles. The van der Waals surface area contributed by atoms with Crippen LogP contribution in [0.15, 0.2) is 17.1 Å². The van der Waals surface area contributed by atoms with Gasteiger partial charge in [0.2, 0.25) is 5.56 Å². The van der Waals surface area contributed by atoms with Gasteiger partial charge in [0.25, 0.3) is 5.92 Å². The maximum absolute atomic E-state index is 12.6. The number of aromatic amines is 1. The molecule has 0 spiro atoms. The molecule has 5 heteroatoms. The van der Waals surface area contributed by atoms with Gasteiger partial charge in [0.1, 0.15) is 0 Å². The standard InChI is InChI=1S/C8H6ClF2NO/c9-6-1-7(13)12-3-4(6)5-2-8(5,10)11/h1,3,5H,2H2,(H,12,13). The van der Waals surface area contributed by atoms with Crippen molar-refractivity contribution in [3.63, 3.8) is 0 Å². The molecule has 0 radical (unpaired) electrons. The van der Waals surface area contributed by atoms with Crippen LogP contribution in [0.3, 0.4) is 0 Å². The molecule has 1 unspecified atom stereocenters. The summed E-state index contributed by atoms with van der Waals surface area (Å²) in [5, 5.41) is 0.117. The third-order valence-corrected chi connectivity index (χ3v) is 2.43. The predicted octanol–water partition coefficient (Wildman–Crippen LogP) is 2.15. The first-order valence-electron chi connectivity index (χ1n) is 3.76. The van der Waals surface area contributed by atoms with Crippen molar-refractivity contribution in [2.24, 2.45) is 0 Å². The van der Waals surface area contributed by atoms with E-state index in [-0.39, 0.29) is 17.0 Å². The van der Waals surface area contributed by atoms with E-state index in [1.807, 2.05) is 0 Å². The van der Waals surface area contributed by atoms with Crippen molar-refractivity contribution in [1.82, 2.24) is 4.98 Å². The van der Waals surface area contributed by atoms with Crippen LogP contribution in [-0.2, 0) is 0 Å². The van der Waals surface area contributed by atoms with E-state index in [9.17, 15) is 13.6 Å². The van der Waals surface area contributed by atoms with E-state index in [4.69, 9.17) is 11.6 Å². The van der Waals surface area contributed by atoms with Gasteiger partial charge in [-0.15, -0.1) is 0 Å². The van der Waals surface area contributed by atoms with Crippen molar-refractivity contribution >= 4 is 11.6 Å². The Kier molecular flexibility index (Phi) is 1.70. The molecule has 2 nitrogen and oxygen atoms in total. The number of hydrogen-bond acceptors (Lipinski definition) is 1. The van der Waals surface area contributed by atoms with Crippen molar-refractivity contribution in [2.75, 3.05) is 0 Å². The lowest BCUT2D eigenvalue weighted by Crippen LogP contribution is -2.05. The second-order valence-corrected chi connectivity index (χ2v) is 3.53. The number of halogens is 3. The third kappa shape index (κ3) is 1.46. The minimum Gasteiger partial charge on any atom is -0.329 e. The van der Waals surface area contributed by atoms with Gasteiger partial charge in [-0.1, -0.05) is 11.6 Å². The predicted molar refractivity (Wildman–Crippen MR) is 44.4 cm³/mol. The summed E-state index contributed by atoms with van der Waals surface area (Å²) in [7, 11) is 0. The Bertz CT molecular complexity index is 401. The highest BCUT2D eigenvalue weighted by molar-refractivity contribution is 6.31. The SMILES string of the molecule is O=c1cc(Cl)c(C2CC2(F)F)c[nH]1. The molecule has 2 rings (SSSR count). The van der Waals surface area contributed by atoms with Gasteiger partial charge in [-0.2, -0.15) is 0 Å². The van der Waals surface area contributed by atoms with Crippen LogP contribution < -0.4 is 5.56 Å². The summed E-state index contributed by atoms with van der Waals surface area (Å²) < 4.78 is 25.2. The molecule has 1 fully saturated rings. The molecule has 0 aromatic carbocycles. The van der Waals surface area contributed by atoms with E-state index in [0.717, 1.165) is 6.07 Å². The summed E-state index contributed by atoms with van der Waals surface area (Å²) in [6.45, 7) is 0. The van der Waals surface area contributed by atoms with Crippen molar-refractivity contribution in [3.05, 3.63) is 33.2 Å². The van der Waals surface area contributed by atoms with E-state index in [1.54, 1.807) is 0 Å². The average Bonchev–Trinajstić information content (AvgIpc) is 2.59. The highest BCUT2D eigenvalue weighted by atomic mass is 35.5. The molecule has 70 valence electrons. The Morgan fingerprint density at radius 3 is 2.69 bits per heavy atom. The van der Waals surface area contributed by atoms with Crippen molar-refractivity contribution < 1.29 is 8.78 Å². The maximum Gasteiger partial charge on any atom is 0.256 e. The second-order valence-electron chi connectivity index (χ2n) is 3.12. The molecule has 0 aliphatic heterocycles. The summed E-state index contributed by atoms with van der Waals surface area (Å²) in [6.07, 6.45) is 1.08. The zero-order valence-corrected chi connectivity index (χ0v) is 7.24.